The van der Waals surface area contributed by atoms with Crippen LogP contribution in [0.2, 0.25) is 0 Å². The molecule has 2 N–H and O–H groups in total. The minimum Gasteiger partial charge on any atom is -0.444 e. The molecule has 0 bridgehead atoms. The first-order chi connectivity index (χ1) is 17.3. The number of aryl methyl sites for hydroxylation is 3. The summed E-state index contributed by atoms with van der Waals surface area (Å²) >= 11 is 0. The maximum atomic E-state index is 13.9. The van der Waals surface area contributed by atoms with Crippen LogP contribution in [0.1, 0.15) is 82.2 Å². The fourth-order valence-electron chi connectivity index (χ4n) is 4.25. The van der Waals surface area contributed by atoms with Gasteiger partial charge in [0.05, 0.1) is 0 Å². The summed E-state index contributed by atoms with van der Waals surface area (Å²) in [4.78, 5) is 41.7. The molecule has 2 rings (SSSR count). The van der Waals surface area contributed by atoms with Crippen molar-refractivity contribution in [2.24, 2.45) is 0 Å². The molecule has 2 aromatic rings. The van der Waals surface area contributed by atoms with Crippen molar-refractivity contribution in [2.75, 3.05) is 11.9 Å². The van der Waals surface area contributed by atoms with Gasteiger partial charge in [0.25, 0.3) is 5.91 Å². The van der Waals surface area contributed by atoms with Gasteiger partial charge in [0.15, 0.2) is 0 Å². The quantitative estimate of drug-likeness (QED) is 0.372. The first-order valence-electron chi connectivity index (χ1n) is 13.1. The van der Waals surface area contributed by atoms with Crippen LogP contribution in [0.25, 0.3) is 0 Å². The Hall–Kier alpha value is -3.35. The molecule has 2 atom stereocenters. The molecule has 0 radical (unpaired) electrons. The molecule has 0 aromatic heterocycles. The molecule has 202 valence electrons. The van der Waals surface area contributed by atoms with E-state index >= 15 is 0 Å². The van der Waals surface area contributed by atoms with E-state index in [9.17, 15) is 14.4 Å². The first-order valence-corrected chi connectivity index (χ1v) is 13.1. The van der Waals surface area contributed by atoms with Crippen molar-refractivity contribution in [1.82, 2.24) is 10.2 Å². The Bertz CT molecular complexity index is 1070. The lowest BCUT2D eigenvalue weighted by Gasteiger charge is -2.34. The summed E-state index contributed by atoms with van der Waals surface area (Å²) in [5.41, 5.74) is 3.68. The second kappa shape index (κ2) is 13.3. The zero-order valence-corrected chi connectivity index (χ0v) is 23.6. The maximum Gasteiger partial charge on any atom is 0.408 e. The number of carbonyl (C=O) groups excluding carboxylic acids is 3. The van der Waals surface area contributed by atoms with Crippen LogP contribution in [0, 0.1) is 20.8 Å². The molecule has 2 aromatic carbocycles. The Labute approximate surface area is 222 Å². The second-order valence-electron chi connectivity index (χ2n) is 10.7. The molecule has 2 unspecified atom stereocenters. The molecule has 0 spiro atoms. The standard InChI is InChI=1S/C30H43N3O4/c1-9-10-13-16-33(28(35)23(5)31-29(36)37-30(6,7)8)26(24-18-20(2)17-21(3)19-24)27(34)32-25-15-12-11-14-22(25)4/h11-12,14-15,17-19,23,26H,9-10,13,16H2,1-8H3,(H,31,36)(H,32,34). The molecule has 0 aliphatic rings. The van der Waals surface area contributed by atoms with Gasteiger partial charge >= 0.3 is 6.09 Å². The van der Waals surface area contributed by atoms with Gasteiger partial charge in [0, 0.05) is 12.2 Å². The van der Waals surface area contributed by atoms with E-state index < -0.39 is 23.8 Å². The summed E-state index contributed by atoms with van der Waals surface area (Å²) in [6.07, 6.45) is 1.95. The van der Waals surface area contributed by atoms with Crippen LogP contribution in [0.4, 0.5) is 10.5 Å². The van der Waals surface area contributed by atoms with Crippen molar-refractivity contribution in [3.63, 3.8) is 0 Å². The Balaban J connectivity index is 2.48. The molecule has 7 heteroatoms. The summed E-state index contributed by atoms with van der Waals surface area (Å²) in [7, 11) is 0. The van der Waals surface area contributed by atoms with Crippen LogP contribution in [0.3, 0.4) is 0 Å². The lowest BCUT2D eigenvalue weighted by Crippen LogP contribution is -2.51. The monoisotopic (exact) mass is 509 g/mol. The Kier molecular flexibility index (Phi) is 10.7. The highest BCUT2D eigenvalue weighted by Gasteiger charge is 2.35. The van der Waals surface area contributed by atoms with Gasteiger partial charge in [-0.05, 0) is 72.1 Å². The maximum absolute atomic E-state index is 13.9. The van der Waals surface area contributed by atoms with Gasteiger partial charge in [-0.25, -0.2) is 4.79 Å². The number of alkyl carbamates (subject to hydrolysis) is 1. The highest BCUT2D eigenvalue weighted by atomic mass is 16.6. The van der Waals surface area contributed by atoms with Gasteiger partial charge in [-0.3, -0.25) is 9.59 Å². The fourth-order valence-corrected chi connectivity index (χ4v) is 4.25. The molecule has 3 amide bonds. The number of benzene rings is 2. The number of amides is 3. The first kappa shape index (κ1) is 29.9. The number of unbranched alkanes of at least 4 members (excludes halogenated alkanes) is 2. The number of rotatable bonds is 10. The van der Waals surface area contributed by atoms with Crippen LogP contribution in [0.15, 0.2) is 42.5 Å². The molecule has 0 aliphatic carbocycles. The van der Waals surface area contributed by atoms with Crippen molar-refractivity contribution in [1.29, 1.82) is 0 Å². The predicted octanol–water partition coefficient (Wildman–Crippen LogP) is 6.22. The van der Waals surface area contributed by atoms with E-state index in [1.165, 1.54) is 0 Å². The van der Waals surface area contributed by atoms with Gasteiger partial charge in [-0.1, -0.05) is 67.3 Å². The number of ether oxygens (including phenoxy) is 1. The molecule has 0 saturated heterocycles. The Morgan fingerprint density at radius 2 is 1.59 bits per heavy atom. The van der Waals surface area contributed by atoms with E-state index in [1.54, 1.807) is 32.6 Å². The summed E-state index contributed by atoms with van der Waals surface area (Å²) in [6.45, 7) is 15.3. The number of hydrogen-bond donors (Lipinski definition) is 2. The van der Waals surface area contributed by atoms with Gasteiger partial charge in [-0.15, -0.1) is 0 Å². The fraction of sp³-hybridized carbons (Fsp3) is 0.500. The van der Waals surface area contributed by atoms with Crippen LogP contribution in [-0.4, -0.2) is 41.0 Å². The number of hydrogen-bond acceptors (Lipinski definition) is 4. The third-order valence-corrected chi connectivity index (χ3v) is 5.91. The molecule has 0 saturated carbocycles. The van der Waals surface area contributed by atoms with Crippen molar-refractivity contribution in [2.45, 2.75) is 92.3 Å². The number of anilines is 1. The normalized spacial score (nSPS) is 12.9. The molecular formula is C30H43N3O4. The van der Waals surface area contributed by atoms with Crippen LogP contribution < -0.4 is 10.6 Å². The van der Waals surface area contributed by atoms with E-state index in [0.717, 1.165) is 41.5 Å². The van der Waals surface area contributed by atoms with Gasteiger partial charge in [-0.2, -0.15) is 0 Å². The van der Waals surface area contributed by atoms with Gasteiger partial charge < -0.3 is 20.3 Å². The number of nitrogens with zero attached hydrogens (tertiary/aromatic N) is 1. The van der Waals surface area contributed by atoms with E-state index in [1.807, 2.05) is 63.2 Å². The highest BCUT2D eigenvalue weighted by molar-refractivity contribution is 5.99. The summed E-state index contributed by atoms with van der Waals surface area (Å²) < 4.78 is 5.35. The minimum absolute atomic E-state index is 0.298. The summed E-state index contributed by atoms with van der Waals surface area (Å²) in [6, 6.07) is 11.7. The molecule has 0 fully saturated rings. The topological polar surface area (TPSA) is 87.7 Å². The largest absolute Gasteiger partial charge is 0.444 e. The molecule has 0 heterocycles. The SMILES string of the molecule is CCCCCN(C(=O)C(C)NC(=O)OC(C)(C)C)C(C(=O)Nc1ccccc1C)c1cc(C)cc(C)c1. The van der Waals surface area contributed by atoms with E-state index in [-0.39, 0.29) is 11.8 Å². The molecule has 37 heavy (non-hydrogen) atoms. The van der Waals surface area contributed by atoms with E-state index in [0.29, 0.717) is 12.2 Å². The average molecular weight is 510 g/mol. The van der Waals surface area contributed by atoms with Crippen molar-refractivity contribution in [3.05, 3.63) is 64.7 Å². The van der Waals surface area contributed by atoms with Crippen LogP contribution in [-0.2, 0) is 14.3 Å². The minimum atomic E-state index is -0.879. The summed E-state index contributed by atoms with van der Waals surface area (Å²) in [5, 5.41) is 5.69. The van der Waals surface area contributed by atoms with Gasteiger partial charge in [0.1, 0.15) is 17.7 Å². The lowest BCUT2D eigenvalue weighted by molar-refractivity contribution is -0.140. The zero-order chi connectivity index (χ0) is 27.8. The predicted molar refractivity (Wildman–Crippen MR) is 149 cm³/mol. The highest BCUT2D eigenvalue weighted by Crippen LogP contribution is 2.27. The molecular weight excluding hydrogens is 466 g/mol. The number of nitrogens with one attached hydrogen (secondary N) is 2. The smallest absolute Gasteiger partial charge is 0.408 e. The average Bonchev–Trinajstić information content (AvgIpc) is 2.77. The summed E-state index contributed by atoms with van der Waals surface area (Å²) in [5.74, 6) is -0.639. The number of carbonyl (C=O) groups is 3. The van der Waals surface area contributed by atoms with Crippen molar-refractivity contribution in [3.8, 4) is 0 Å². The Morgan fingerprint density at radius 3 is 2.16 bits per heavy atom. The van der Waals surface area contributed by atoms with E-state index in [2.05, 4.69) is 17.6 Å². The van der Waals surface area contributed by atoms with Crippen molar-refractivity contribution >= 4 is 23.6 Å². The van der Waals surface area contributed by atoms with Crippen LogP contribution in [0.5, 0.6) is 0 Å². The van der Waals surface area contributed by atoms with Gasteiger partial charge in [0.2, 0.25) is 5.91 Å². The Morgan fingerprint density at radius 1 is 0.973 bits per heavy atom. The second-order valence-corrected chi connectivity index (χ2v) is 10.7. The third-order valence-electron chi connectivity index (χ3n) is 5.91. The van der Waals surface area contributed by atoms with E-state index in [4.69, 9.17) is 4.74 Å². The number of para-hydroxylation sites is 1. The molecule has 7 nitrogen and oxygen atoms in total. The lowest BCUT2D eigenvalue weighted by atomic mass is 9.98. The van der Waals surface area contributed by atoms with Crippen LogP contribution >= 0.6 is 0 Å². The van der Waals surface area contributed by atoms with Crippen molar-refractivity contribution < 1.29 is 19.1 Å². The molecule has 0 aliphatic heterocycles. The third kappa shape index (κ3) is 9.23. The zero-order valence-electron chi connectivity index (χ0n) is 23.6.